The van der Waals surface area contributed by atoms with Gasteiger partial charge in [0.25, 0.3) is 0 Å². The van der Waals surface area contributed by atoms with Gasteiger partial charge < -0.3 is 16.8 Å². The number of amides is 1. The molecular formula is C11H12F3N3O. The van der Waals surface area contributed by atoms with Crippen LogP contribution in [-0.4, -0.2) is 17.6 Å². The first-order valence-electron chi connectivity index (χ1n) is 5.29. The van der Waals surface area contributed by atoms with Crippen molar-refractivity contribution in [1.82, 2.24) is 0 Å². The van der Waals surface area contributed by atoms with Gasteiger partial charge in [-0.15, -0.1) is 0 Å². The molecule has 0 radical (unpaired) electrons. The molecule has 0 heterocycles. The second-order valence-electron chi connectivity index (χ2n) is 4.37. The summed E-state index contributed by atoms with van der Waals surface area (Å²) in [5.74, 6) is -0.676. The molecule has 1 aromatic rings. The zero-order chi connectivity index (χ0) is 13.6. The fourth-order valence-corrected chi connectivity index (χ4v) is 1.69. The largest absolute Gasteiger partial charge is 0.411 e. The van der Waals surface area contributed by atoms with Gasteiger partial charge in [0.2, 0.25) is 5.91 Å². The van der Waals surface area contributed by atoms with E-state index in [9.17, 15) is 18.0 Å². The molecule has 0 spiro atoms. The fourth-order valence-electron chi connectivity index (χ4n) is 1.69. The van der Waals surface area contributed by atoms with E-state index in [0.717, 1.165) is 0 Å². The Morgan fingerprint density at radius 3 is 2.33 bits per heavy atom. The van der Waals surface area contributed by atoms with Crippen molar-refractivity contribution in [3.8, 4) is 0 Å². The maximum atomic E-state index is 12.7. The van der Waals surface area contributed by atoms with Crippen LogP contribution in [0.2, 0.25) is 0 Å². The highest BCUT2D eigenvalue weighted by Gasteiger charge is 2.63. The molecule has 1 aliphatic carbocycles. The standard InChI is InChI=1S/C11H12F3N3O/c12-11(13,14)10(3-4-10)17-8-2-1-6(9(16)18)5-7(8)15/h1-2,5,17H,3-4,15H2,(H2,16,18). The van der Waals surface area contributed by atoms with Crippen molar-refractivity contribution in [2.75, 3.05) is 11.1 Å². The second kappa shape index (κ2) is 3.79. The van der Waals surface area contributed by atoms with Crippen LogP contribution in [0.4, 0.5) is 24.5 Å². The molecule has 1 aliphatic rings. The summed E-state index contributed by atoms with van der Waals surface area (Å²) >= 11 is 0. The highest BCUT2D eigenvalue weighted by Crippen LogP contribution is 2.51. The van der Waals surface area contributed by atoms with E-state index in [0.29, 0.717) is 0 Å². The topological polar surface area (TPSA) is 81.1 Å². The number of halogens is 3. The molecule has 0 saturated heterocycles. The van der Waals surface area contributed by atoms with Gasteiger partial charge in [-0.25, -0.2) is 0 Å². The lowest BCUT2D eigenvalue weighted by Crippen LogP contribution is -2.38. The van der Waals surface area contributed by atoms with Crippen LogP contribution in [-0.2, 0) is 0 Å². The van der Waals surface area contributed by atoms with Crippen LogP contribution in [0.3, 0.4) is 0 Å². The number of hydrogen-bond acceptors (Lipinski definition) is 3. The molecule has 0 aliphatic heterocycles. The van der Waals surface area contributed by atoms with Gasteiger partial charge in [-0.1, -0.05) is 0 Å². The van der Waals surface area contributed by atoms with Gasteiger partial charge in [-0.2, -0.15) is 13.2 Å². The number of nitrogens with two attached hydrogens (primary N) is 2. The molecule has 98 valence electrons. The van der Waals surface area contributed by atoms with E-state index in [-0.39, 0.29) is 29.8 Å². The number of hydrogen-bond donors (Lipinski definition) is 3. The summed E-state index contributed by atoms with van der Waals surface area (Å²) in [6.45, 7) is 0. The average Bonchev–Trinajstić information content (AvgIpc) is 3.01. The van der Waals surface area contributed by atoms with Gasteiger partial charge in [0, 0.05) is 5.56 Å². The molecule has 1 aromatic carbocycles. The van der Waals surface area contributed by atoms with E-state index in [4.69, 9.17) is 11.5 Å². The third-order valence-electron chi connectivity index (χ3n) is 3.00. The Hall–Kier alpha value is -1.92. The van der Waals surface area contributed by atoms with E-state index in [1.165, 1.54) is 18.2 Å². The van der Waals surface area contributed by atoms with Gasteiger partial charge in [-0.3, -0.25) is 4.79 Å². The van der Waals surface area contributed by atoms with E-state index < -0.39 is 17.6 Å². The summed E-state index contributed by atoms with van der Waals surface area (Å²) in [6, 6.07) is 3.94. The lowest BCUT2D eigenvalue weighted by Gasteiger charge is -2.22. The summed E-state index contributed by atoms with van der Waals surface area (Å²) in [6.07, 6.45) is -4.27. The van der Waals surface area contributed by atoms with Gasteiger partial charge in [-0.05, 0) is 31.0 Å². The molecule has 0 unspecified atom stereocenters. The minimum absolute atomic E-state index is 0.0213. The Bertz CT molecular complexity index is 495. The number of carbonyl (C=O) groups excluding carboxylic acids is 1. The molecular weight excluding hydrogens is 247 g/mol. The predicted octanol–water partition coefficient (Wildman–Crippen LogP) is 1.87. The molecule has 2 rings (SSSR count). The van der Waals surface area contributed by atoms with Crippen molar-refractivity contribution in [3.63, 3.8) is 0 Å². The fraction of sp³-hybridized carbons (Fsp3) is 0.364. The predicted molar refractivity (Wildman–Crippen MR) is 61.0 cm³/mol. The Morgan fingerprint density at radius 1 is 1.33 bits per heavy atom. The summed E-state index contributed by atoms with van der Waals surface area (Å²) in [5, 5.41) is 2.40. The van der Waals surface area contributed by atoms with E-state index in [1.807, 2.05) is 0 Å². The van der Waals surface area contributed by atoms with E-state index in [1.54, 1.807) is 0 Å². The van der Waals surface area contributed by atoms with Crippen LogP contribution in [0.5, 0.6) is 0 Å². The second-order valence-corrected chi connectivity index (χ2v) is 4.37. The summed E-state index contributed by atoms with van der Waals surface area (Å²) < 4.78 is 38.2. The molecule has 5 N–H and O–H groups in total. The SMILES string of the molecule is NC(=O)c1ccc(NC2(C(F)(F)F)CC2)c(N)c1. The quantitative estimate of drug-likeness (QED) is 0.725. The van der Waals surface area contributed by atoms with Crippen LogP contribution >= 0.6 is 0 Å². The number of anilines is 2. The molecule has 1 amide bonds. The molecule has 4 nitrogen and oxygen atoms in total. The highest BCUT2D eigenvalue weighted by molar-refractivity contribution is 5.94. The Balaban J connectivity index is 2.24. The molecule has 0 aromatic heterocycles. The van der Waals surface area contributed by atoms with Crippen molar-refractivity contribution in [3.05, 3.63) is 23.8 Å². The molecule has 18 heavy (non-hydrogen) atoms. The minimum Gasteiger partial charge on any atom is -0.397 e. The Labute approximate surface area is 101 Å². The Kier molecular flexibility index (Phi) is 2.64. The zero-order valence-corrected chi connectivity index (χ0v) is 9.34. The van der Waals surface area contributed by atoms with Gasteiger partial charge in [0.05, 0.1) is 11.4 Å². The molecule has 7 heteroatoms. The third kappa shape index (κ3) is 2.07. The van der Waals surface area contributed by atoms with Crippen LogP contribution < -0.4 is 16.8 Å². The minimum atomic E-state index is -4.32. The first kappa shape index (κ1) is 12.5. The van der Waals surface area contributed by atoms with Crippen LogP contribution in [0.25, 0.3) is 0 Å². The molecule has 1 fully saturated rings. The van der Waals surface area contributed by atoms with Gasteiger partial charge in [0.1, 0.15) is 5.54 Å². The number of carbonyl (C=O) groups is 1. The monoisotopic (exact) mass is 259 g/mol. The first-order valence-corrected chi connectivity index (χ1v) is 5.29. The van der Waals surface area contributed by atoms with Crippen molar-refractivity contribution < 1.29 is 18.0 Å². The first-order chi connectivity index (χ1) is 8.25. The lowest BCUT2D eigenvalue weighted by molar-refractivity contribution is -0.151. The average molecular weight is 259 g/mol. The summed E-state index contributed by atoms with van der Waals surface area (Å²) in [5.41, 5.74) is 9.16. The van der Waals surface area contributed by atoms with Gasteiger partial charge in [0.15, 0.2) is 0 Å². The summed E-state index contributed by atoms with van der Waals surface area (Å²) in [7, 11) is 0. The van der Waals surface area contributed by atoms with Gasteiger partial charge >= 0.3 is 6.18 Å². The van der Waals surface area contributed by atoms with Crippen molar-refractivity contribution >= 4 is 17.3 Å². The van der Waals surface area contributed by atoms with Crippen LogP contribution in [0.1, 0.15) is 23.2 Å². The third-order valence-corrected chi connectivity index (χ3v) is 3.00. The van der Waals surface area contributed by atoms with Crippen molar-refractivity contribution in [2.45, 2.75) is 24.6 Å². The Morgan fingerprint density at radius 2 is 1.94 bits per heavy atom. The van der Waals surface area contributed by atoms with Crippen LogP contribution in [0, 0.1) is 0 Å². The number of benzene rings is 1. The number of nitrogen functional groups attached to an aromatic ring is 1. The normalized spacial score (nSPS) is 17.3. The number of alkyl halides is 3. The number of rotatable bonds is 3. The number of nitrogens with one attached hydrogen (secondary N) is 1. The van der Waals surface area contributed by atoms with Crippen molar-refractivity contribution in [2.24, 2.45) is 5.73 Å². The van der Waals surface area contributed by atoms with Crippen LogP contribution in [0.15, 0.2) is 18.2 Å². The smallest absolute Gasteiger partial charge is 0.397 e. The van der Waals surface area contributed by atoms with E-state index in [2.05, 4.69) is 5.32 Å². The lowest BCUT2D eigenvalue weighted by atomic mass is 10.1. The highest BCUT2D eigenvalue weighted by atomic mass is 19.4. The van der Waals surface area contributed by atoms with E-state index >= 15 is 0 Å². The maximum Gasteiger partial charge on any atom is 0.411 e. The summed E-state index contributed by atoms with van der Waals surface area (Å²) in [4.78, 5) is 10.9. The number of primary amides is 1. The molecule has 0 bridgehead atoms. The molecule has 0 atom stereocenters. The zero-order valence-electron chi connectivity index (χ0n) is 9.34. The maximum absolute atomic E-state index is 12.7. The molecule has 1 saturated carbocycles. The van der Waals surface area contributed by atoms with Crippen molar-refractivity contribution in [1.29, 1.82) is 0 Å².